The van der Waals surface area contributed by atoms with Gasteiger partial charge in [-0.3, -0.25) is 68.6 Å². The average Bonchev–Trinajstić information content (AvgIpc) is 1.57. The van der Waals surface area contributed by atoms with E-state index in [1.807, 2.05) is 60.7 Å². The Morgan fingerprint density at radius 2 is 0.700 bits per heavy atom. The van der Waals surface area contributed by atoms with Crippen molar-refractivity contribution in [3.8, 4) is 0 Å². The Labute approximate surface area is 746 Å². The molecular weight excluding hydrogens is 1820 g/mol. The number of ketones is 1. The van der Waals surface area contributed by atoms with Crippen LogP contribution in [0.2, 0.25) is 40.2 Å². The Kier molecular flexibility index (Phi) is 25.8. The van der Waals surface area contributed by atoms with Gasteiger partial charge in [0.15, 0.2) is 28.7 Å². The van der Waals surface area contributed by atoms with Crippen molar-refractivity contribution in [1.82, 2.24) is 49.7 Å². The molecule has 0 bridgehead atoms. The number of methoxy groups -OCH3 is 3. The Hall–Kier alpha value is -9.80. The summed E-state index contributed by atoms with van der Waals surface area (Å²) >= 11 is 55.0. The van der Waals surface area contributed by atoms with Crippen LogP contribution in [0.3, 0.4) is 0 Å². The SMILES string of the molecule is CO[C@]1(c2ccc(Cl)cc2)c2ccc(Br)cc2C(=O)N1Cc1ccc(Cl)cn1.CO[C@]1(c2ccc(Cl)cc2)c2ccc(C(C)(O)c3cn[nH]c3)cc2C(=O)N1Cc1ccc(Cl)cn1.CO[C@]1(c2ccc(Cl)cc2)c2ccc(C(C)=O)cc2C(=O)N1Cc1ccc(Cl)cn1.O=C1c2cc(Br)ccc2C(O)(c2ccc(Cl)cc2)N1Cc1ccc(Cl)cn1. The molecule has 4 aliphatic rings. The molecule has 5 atom stereocenters. The van der Waals surface area contributed by atoms with E-state index in [1.54, 1.807) is 225 Å². The smallest absolute Gasteiger partial charge is 0.257 e. The Balaban J connectivity index is 0.000000132. The molecule has 20 nitrogen and oxygen atoms in total. The van der Waals surface area contributed by atoms with Gasteiger partial charge in [0.1, 0.15) is 5.60 Å². The van der Waals surface area contributed by atoms with Crippen molar-refractivity contribution >= 4 is 154 Å². The van der Waals surface area contributed by atoms with E-state index in [0.717, 1.165) is 31.2 Å². The van der Waals surface area contributed by atoms with Crippen LogP contribution in [-0.4, -0.2) is 111 Å². The van der Waals surface area contributed by atoms with Crippen LogP contribution in [0.15, 0.2) is 265 Å². The second kappa shape index (κ2) is 35.7. The Morgan fingerprint density at radius 3 is 1.04 bits per heavy atom. The largest absolute Gasteiger partial charge is 0.381 e. The lowest BCUT2D eigenvalue weighted by molar-refractivity contribution is -0.0870. The number of carbonyl (C=O) groups excluding carboxylic acids is 5. The minimum absolute atomic E-state index is 0.113. The van der Waals surface area contributed by atoms with Gasteiger partial charge in [-0.05, 0) is 153 Å². The van der Waals surface area contributed by atoms with E-state index in [0.29, 0.717) is 124 Å². The summed E-state index contributed by atoms with van der Waals surface area (Å²) in [5.41, 5.74) is 5.09. The fourth-order valence-corrected chi connectivity index (χ4v) is 17.0. The summed E-state index contributed by atoms with van der Waals surface area (Å²) in [7, 11) is 4.72. The number of fused-ring (bicyclic) bond motifs is 4. The number of nitrogens with zero attached hydrogens (tertiary/aromatic N) is 9. The summed E-state index contributed by atoms with van der Waals surface area (Å²) in [5.74, 6) is -1.02. The monoisotopic (exact) mass is 1890 g/mol. The number of aromatic amines is 1. The molecule has 5 aromatic heterocycles. The van der Waals surface area contributed by atoms with Crippen LogP contribution in [0.5, 0.6) is 0 Å². The number of carbonyl (C=O) groups is 5. The fourth-order valence-electron chi connectivity index (χ4n) is 15.3. The number of pyridine rings is 4. The van der Waals surface area contributed by atoms with Gasteiger partial charge in [0.05, 0.1) is 75.2 Å². The predicted octanol–water partition coefficient (Wildman–Crippen LogP) is 20.6. The lowest BCUT2D eigenvalue weighted by Crippen LogP contribution is -2.45. The van der Waals surface area contributed by atoms with E-state index >= 15 is 0 Å². The minimum atomic E-state index is -1.63. The van der Waals surface area contributed by atoms with E-state index in [-0.39, 0.29) is 55.6 Å². The van der Waals surface area contributed by atoms with Crippen molar-refractivity contribution in [2.45, 2.75) is 68.5 Å². The van der Waals surface area contributed by atoms with E-state index < -0.39 is 28.5 Å². The minimum Gasteiger partial charge on any atom is -0.381 e. The number of H-pyrrole nitrogens is 1. The summed E-state index contributed by atoms with van der Waals surface area (Å²) < 4.78 is 19.9. The molecule has 0 saturated carbocycles. The number of aromatic nitrogens is 6. The zero-order valence-electron chi connectivity index (χ0n) is 64.0. The highest BCUT2D eigenvalue weighted by atomic mass is 79.9. The van der Waals surface area contributed by atoms with Gasteiger partial charge in [-0.15, -0.1) is 0 Å². The van der Waals surface area contributed by atoms with E-state index in [2.05, 4.69) is 62.0 Å². The number of benzene rings is 8. The maximum absolute atomic E-state index is 13.9. The first-order chi connectivity index (χ1) is 57.5. The van der Waals surface area contributed by atoms with Gasteiger partial charge in [0, 0.05) is 159 Å². The van der Waals surface area contributed by atoms with Crippen LogP contribution < -0.4 is 0 Å². The molecule has 4 amide bonds. The van der Waals surface area contributed by atoms with Crippen LogP contribution >= 0.6 is 125 Å². The van der Waals surface area contributed by atoms with Gasteiger partial charge in [-0.1, -0.05) is 210 Å². The molecule has 0 aliphatic carbocycles. The van der Waals surface area contributed by atoms with E-state index in [1.165, 1.54) is 24.2 Å². The fraction of sp³-hybridized carbons (Fsp3) is 0.156. The summed E-state index contributed by atoms with van der Waals surface area (Å²) in [6.45, 7) is 3.89. The predicted molar refractivity (Wildman–Crippen MR) is 467 cm³/mol. The number of aliphatic hydroxyl groups is 2. The number of halogens is 10. The standard InChI is InChI=1S/C26H22Cl2N4O3.C23H18Cl2N2O3.C21H15BrCl2N2O2.C20H13BrCl2N2O2/c1-25(34,18-12-30-31-13-18)17-5-10-23-22(11-17)24(33)32(15-21-9-8-20(28)14-29-21)26(23,35-2)16-3-6-19(27)7-4-16;1-14(28)15-3-10-21-20(11-15)22(29)27(13-19-9-8-18(25)12-26-19)23(21,30-2)16-4-6-17(24)7-5-16;1-28-21(13-2-5-15(23)6-3-13)19-9-4-14(22)10-18(19)20(27)26(21)12-17-8-7-16(24)11-25-17;21-13-3-8-18-17(9-13)19(26)25(11-16-7-6-15(23)10-24-16)20(18,27)12-1-4-14(22)5-2-12/h3-14,34H,15H2,1-2H3,(H,30,31);3-12H,13H2,1-2H3;2-11H,12H2,1H3;1-10,27H,11H2/t25?,26-;23-;21-;/m111./s1. The zero-order valence-corrected chi connectivity index (χ0v) is 73.3. The molecule has 30 heteroatoms. The molecular formula is C90H68Br2Cl8N10O10. The molecule has 120 heavy (non-hydrogen) atoms. The highest BCUT2D eigenvalue weighted by molar-refractivity contribution is 9.10. The molecule has 13 aromatic rings. The molecule has 0 saturated heterocycles. The summed E-state index contributed by atoms with van der Waals surface area (Å²) in [6, 6.07) is 63.8. The molecule has 0 spiro atoms. The molecule has 0 fully saturated rings. The Morgan fingerprint density at radius 1 is 0.392 bits per heavy atom. The van der Waals surface area contributed by atoms with Gasteiger partial charge in [-0.25, -0.2) is 0 Å². The molecule has 9 heterocycles. The highest BCUT2D eigenvalue weighted by Crippen LogP contribution is 2.51. The second-order valence-electron chi connectivity index (χ2n) is 28.2. The third kappa shape index (κ3) is 16.5. The van der Waals surface area contributed by atoms with Crippen LogP contribution in [0.4, 0.5) is 0 Å². The molecule has 8 aromatic carbocycles. The van der Waals surface area contributed by atoms with Gasteiger partial charge in [0.25, 0.3) is 23.6 Å². The van der Waals surface area contributed by atoms with Crippen molar-refractivity contribution in [2.24, 2.45) is 0 Å². The van der Waals surface area contributed by atoms with E-state index in [4.69, 9.17) is 107 Å². The highest BCUT2D eigenvalue weighted by Gasteiger charge is 2.56. The van der Waals surface area contributed by atoms with Gasteiger partial charge >= 0.3 is 0 Å². The second-order valence-corrected chi connectivity index (χ2v) is 33.5. The quantitative estimate of drug-likeness (QED) is 0.0676. The Bertz CT molecular complexity index is 6040. The van der Waals surface area contributed by atoms with Crippen molar-refractivity contribution in [1.29, 1.82) is 0 Å². The molecule has 4 aliphatic heterocycles. The first-order valence-electron chi connectivity index (χ1n) is 36.7. The summed E-state index contributed by atoms with van der Waals surface area (Å²) in [6.07, 6.45) is 9.35. The molecule has 0 radical (unpaired) electrons. The third-order valence-electron chi connectivity index (χ3n) is 21.2. The van der Waals surface area contributed by atoms with Crippen molar-refractivity contribution < 1.29 is 48.4 Å². The van der Waals surface area contributed by atoms with Crippen LogP contribution in [0.1, 0.15) is 144 Å². The number of hydrogen-bond acceptors (Lipinski definition) is 15. The van der Waals surface area contributed by atoms with Crippen LogP contribution in [0, 0.1) is 0 Å². The first-order valence-corrected chi connectivity index (χ1v) is 41.3. The normalized spacial score (nSPS) is 18.5. The lowest BCUT2D eigenvalue weighted by atomic mass is 9.86. The number of amides is 4. The maximum atomic E-state index is 13.9. The lowest BCUT2D eigenvalue weighted by Gasteiger charge is -2.38. The van der Waals surface area contributed by atoms with Gasteiger partial charge in [0.2, 0.25) is 0 Å². The van der Waals surface area contributed by atoms with Crippen molar-refractivity contribution in [2.75, 3.05) is 21.3 Å². The molecule has 608 valence electrons. The number of Topliss-reactive ketones (excluding diaryl/α,β-unsaturated/α-hetero) is 1. The van der Waals surface area contributed by atoms with E-state index in [9.17, 15) is 34.2 Å². The maximum Gasteiger partial charge on any atom is 0.257 e. The van der Waals surface area contributed by atoms with Gasteiger partial charge < -0.3 is 24.4 Å². The van der Waals surface area contributed by atoms with Crippen molar-refractivity contribution in [3.63, 3.8) is 0 Å². The molecule has 2 unspecified atom stereocenters. The number of hydrogen-bond donors (Lipinski definition) is 3. The molecule has 17 rings (SSSR count). The number of nitrogens with one attached hydrogen (secondary N) is 1. The average molecular weight is 1890 g/mol. The molecule has 3 N–H and O–H groups in total. The number of ether oxygens (including phenoxy) is 3. The van der Waals surface area contributed by atoms with Crippen LogP contribution in [0.25, 0.3) is 0 Å². The van der Waals surface area contributed by atoms with Crippen LogP contribution in [-0.2, 0) is 68.9 Å². The summed E-state index contributed by atoms with van der Waals surface area (Å²) in [4.78, 5) is 89.5. The zero-order chi connectivity index (χ0) is 85.3. The number of rotatable bonds is 18. The summed E-state index contributed by atoms with van der Waals surface area (Å²) in [5, 5.41) is 34.0. The topological polar surface area (TPSA) is 247 Å². The first kappa shape index (κ1) is 86.6. The van der Waals surface area contributed by atoms with Crippen molar-refractivity contribution in [3.05, 3.63) is 411 Å². The third-order valence-corrected chi connectivity index (χ3v) is 24.1. The van der Waals surface area contributed by atoms with Gasteiger partial charge in [-0.2, -0.15) is 5.10 Å².